The minimum absolute atomic E-state index is 0.127. The fourth-order valence-corrected chi connectivity index (χ4v) is 2.82. The van der Waals surface area contributed by atoms with Crippen LogP contribution >= 0.6 is 0 Å². The Morgan fingerprint density at radius 3 is 3.00 bits per heavy atom. The molecular formula is C15H19N3O3. The number of aliphatic hydroxyl groups excluding tert-OH is 1. The first-order chi connectivity index (χ1) is 10.2. The van der Waals surface area contributed by atoms with Gasteiger partial charge < -0.3 is 14.3 Å². The zero-order chi connectivity index (χ0) is 14.8. The van der Waals surface area contributed by atoms with E-state index in [4.69, 9.17) is 9.15 Å². The first-order valence-electron chi connectivity index (χ1n) is 7.01. The third kappa shape index (κ3) is 3.06. The smallest absolute Gasteiger partial charge is 0.230 e. The molecule has 1 aromatic carbocycles. The monoisotopic (exact) mass is 289 g/mol. The van der Waals surface area contributed by atoms with Gasteiger partial charge in [-0.15, -0.1) is 10.2 Å². The number of aliphatic hydroxyl groups is 1. The number of nitrogens with zero attached hydrogens (tertiary/aromatic N) is 3. The number of benzene rings is 1. The Morgan fingerprint density at radius 2 is 2.29 bits per heavy atom. The predicted molar refractivity (Wildman–Crippen MR) is 75.8 cm³/mol. The molecule has 2 atom stereocenters. The highest BCUT2D eigenvalue weighted by Crippen LogP contribution is 2.34. The number of rotatable bonds is 4. The third-order valence-electron chi connectivity index (χ3n) is 3.77. The van der Waals surface area contributed by atoms with Crippen LogP contribution in [0.25, 0.3) is 0 Å². The topological polar surface area (TPSA) is 71.6 Å². The summed E-state index contributed by atoms with van der Waals surface area (Å²) in [6.45, 7) is 2.91. The van der Waals surface area contributed by atoms with E-state index in [2.05, 4.69) is 21.2 Å². The van der Waals surface area contributed by atoms with Crippen molar-refractivity contribution in [1.82, 2.24) is 15.1 Å². The zero-order valence-electron chi connectivity index (χ0n) is 12.2. The van der Waals surface area contributed by atoms with Crippen molar-refractivity contribution >= 4 is 0 Å². The Labute approximate surface area is 123 Å². The Hall–Kier alpha value is -1.92. The molecule has 0 amide bonds. The van der Waals surface area contributed by atoms with E-state index < -0.39 is 0 Å². The highest BCUT2D eigenvalue weighted by Gasteiger charge is 2.33. The molecule has 0 aliphatic carbocycles. The van der Waals surface area contributed by atoms with Gasteiger partial charge in [0, 0.05) is 19.5 Å². The summed E-state index contributed by atoms with van der Waals surface area (Å²) < 4.78 is 10.7. The van der Waals surface area contributed by atoms with Crippen LogP contribution in [0.5, 0.6) is 5.75 Å². The molecule has 0 saturated carbocycles. The van der Waals surface area contributed by atoms with Gasteiger partial charge in [-0.3, -0.25) is 4.90 Å². The molecule has 1 aromatic heterocycles. The largest absolute Gasteiger partial charge is 0.497 e. The van der Waals surface area contributed by atoms with E-state index in [0.29, 0.717) is 31.3 Å². The molecule has 2 aromatic rings. The van der Waals surface area contributed by atoms with Crippen molar-refractivity contribution in [3.63, 3.8) is 0 Å². The summed E-state index contributed by atoms with van der Waals surface area (Å²) in [7, 11) is 1.65. The van der Waals surface area contributed by atoms with Crippen LogP contribution in [0, 0.1) is 6.92 Å². The SMILES string of the molecule is COc1cccc([C@@H]2C[C@@H](O)CN2Cc2nnc(C)o2)c1. The maximum Gasteiger partial charge on any atom is 0.230 e. The molecule has 1 N–H and O–H groups in total. The van der Waals surface area contributed by atoms with E-state index in [1.807, 2.05) is 18.2 Å². The van der Waals surface area contributed by atoms with Crippen molar-refractivity contribution in [3.8, 4) is 5.75 Å². The number of hydrogen-bond donors (Lipinski definition) is 1. The van der Waals surface area contributed by atoms with E-state index in [1.165, 1.54) is 0 Å². The van der Waals surface area contributed by atoms with Gasteiger partial charge >= 0.3 is 0 Å². The molecule has 0 bridgehead atoms. The van der Waals surface area contributed by atoms with Crippen molar-refractivity contribution in [2.45, 2.75) is 32.0 Å². The average molecular weight is 289 g/mol. The van der Waals surface area contributed by atoms with Gasteiger partial charge in [-0.05, 0) is 24.1 Å². The van der Waals surface area contributed by atoms with Crippen LogP contribution < -0.4 is 4.74 Å². The molecular weight excluding hydrogens is 270 g/mol. The fourth-order valence-electron chi connectivity index (χ4n) is 2.82. The number of aryl methyl sites for hydroxylation is 1. The van der Waals surface area contributed by atoms with Crippen LogP contribution in [0.4, 0.5) is 0 Å². The van der Waals surface area contributed by atoms with Gasteiger partial charge in [-0.25, -0.2) is 0 Å². The third-order valence-corrected chi connectivity index (χ3v) is 3.77. The van der Waals surface area contributed by atoms with Gasteiger partial charge in [0.1, 0.15) is 5.75 Å². The van der Waals surface area contributed by atoms with Crippen molar-refractivity contribution in [1.29, 1.82) is 0 Å². The second kappa shape index (κ2) is 5.83. The molecule has 0 radical (unpaired) electrons. The summed E-state index contributed by atoms with van der Waals surface area (Å²) in [5, 5.41) is 17.9. The lowest BCUT2D eigenvalue weighted by atomic mass is 10.0. The summed E-state index contributed by atoms with van der Waals surface area (Å²) in [6, 6.07) is 8.07. The van der Waals surface area contributed by atoms with Gasteiger partial charge in [-0.1, -0.05) is 12.1 Å². The lowest BCUT2D eigenvalue weighted by molar-refractivity contribution is 0.167. The Morgan fingerprint density at radius 1 is 1.43 bits per heavy atom. The van der Waals surface area contributed by atoms with Crippen LogP contribution in [0.2, 0.25) is 0 Å². The van der Waals surface area contributed by atoms with E-state index in [9.17, 15) is 5.11 Å². The molecule has 1 fully saturated rings. The Balaban J connectivity index is 1.81. The Bertz CT molecular complexity index is 614. The van der Waals surface area contributed by atoms with Crippen molar-refractivity contribution in [2.24, 2.45) is 0 Å². The van der Waals surface area contributed by atoms with Gasteiger partial charge in [-0.2, -0.15) is 0 Å². The molecule has 3 rings (SSSR count). The molecule has 0 unspecified atom stereocenters. The number of ether oxygens (including phenoxy) is 1. The summed E-state index contributed by atoms with van der Waals surface area (Å²) in [5.41, 5.74) is 1.13. The number of hydrogen-bond acceptors (Lipinski definition) is 6. The molecule has 21 heavy (non-hydrogen) atoms. The first-order valence-corrected chi connectivity index (χ1v) is 7.01. The maximum absolute atomic E-state index is 10.0. The summed E-state index contributed by atoms with van der Waals surface area (Å²) in [6.07, 6.45) is 0.352. The molecule has 6 nitrogen and oxygen atoms in total. The highest BCUT2D eigenvalue weighted by atomic mass is 16.5. The fraction of sp³-hybridized carbons (Fsp3) is 0.467. The molecule has 6 heteroatoms. The van der Waals surface area contributed by atoms with E-state index in [1.54, 1.807) is 14.0 Å². The molecule has 112 valence electrons. The molecule has 2 heterocycles. The van der Waals surface area contributed by atoms with Gasteiger partial charge in [0.05, 0.1) is 19.8 Å². The van der Waals surface area contributed by atoms with Crippen molar-refractivity contribution in [2.75, 3.05) is 13.7 Å². The van der Waals surface area contributed by atoms with Gasteiger partial charge in [0.15, 0.2) is 0 Å². The minimum Gasteiger partial charge on any atom is -0.497 e. The Kier molecular flexibility index (Phi) is 3.90. The number of likely N-dealkylation sites (tertiary alicyclic amines) is 1. The molecule has 1 aliphatic heterocycles. The lowest BCUT2D eigenvalue weighted by Crippen LogP contribution is -2.24. The quantitative estimate of drug-likeness (QED) is 0.923. The van der Waals surface area contributed by atoms with E-state index >= 15 is 0 Å². The molecule has 0 spiro atoms. The normalized spacial score (nSPS) is 22.6. The van der Waals surface area contributed by atoms with Crippen molar-refractivity contribution in [3.05, 3.63) is 41.6 Å². The van der Waals surface area contributed by atoms with E-state index in [-0.39, 0.29) is 12.1 Å². The van der Waals surface area contributed by atoms with Crippen LogP contribution in [0.3, 0.4) is 0 Å². The molecule has 1 saturated heterocycles. The number of β-amino-alcohol motifs (C(OH)–C–C–N with tert-alkyl or cyclic N) is 1. The van der Waals surface area contributed by atoms with Gasteiger partial charge in [0.2, 0.25) is 11.8 Å². The first kappa shape index (κ1) is 14.0. The average Bonchev–Trinajstić information content (AvgIpc) is 3.05. The second-order valence-corrected chi connectivity index (χ2v) is 5.33. The summed E-state index contributed by atoms with van der Waals surface area (Å²) in [5.74, 6) is 1.96. The van der Waals surface area contributed by atoms with E-state index in [0.717, 1.165) is 11.3 Å². The van der Waals surface area contributed by atoms with Crippen LogP contribution in [0.15, 0.2) is 28.7 Å². The van der Waals surface area contributed by atoms with Crippen molar-refractivity contribution < 1.29 is 14.3 Å². The van der Waals surface area contributed by atoms with Crippen LogP contribution in [0.1, 0.15) is 29.8 Å². The number of methoxy groups -OCH3 is 1. The number of aromatic nitrogens is 2. The highest BCUT2D eigenvalue weighted by molar-refractivity contribution is 5.31. The molecule has 1 aliphatic rings. The zero-order valence-corrected chi connectivity index (χ0v) is 12.2. The summed E-state index contributed by atoms with van der Waals surface area (Å²) in [4.78, 5) is 2.16. The summed E-state index contributed by atoms with van der Waals surface area (Å²) >= 11 is 0. The second-order valence-electron chi connectivity index (χ2n) is 5.33. The predicted octanol–water partition coefficient (Wildman–Crippen LogP) is 1.69. The van der Waals surface area contributed by atoms with Crippen LogP contribution in [-0.2, 0) is 6.54 Å². The van der Waals surface area contributed by atoms with Crippen LogP contribution in [-0.4, -0.2) is 40.0 Å². The maximum atomic E-state index is 10.0. The minimum atomic E-state index is -0.342. The lowest BCUT2D eigenvalue weighted by Gasteiger charge is -2.23. The van der Waals surface area contributed by atoms with Gasteiger partial charge in [0.25, 0.3) is 0 Å². The standard InChI is InChI=1S/C15H19N3O3/c1-10-16-17-15(21-10)9-18-8-12(19)7-14(18)11-4-3-5-13(6-11)20-2/h3-6,12,14,19H,7-9H2,1-2H3/t12-,14+/m1/s1.